The van der Waals surface area contributed by atoms with Crippen LogP contribution >= 0.6 is 0 Å². The Kier molecular flexibility index (Phi) is 5.15. The Morgan fingerprint density at radius 2 is 1.95 bits per heavy atom. The summed E-state index contributed by atoms with van der Waals surface area (Å²) in [6.45, 7) is 6.65. The van der Waals surface area contributed by atoms with Crippen molar-refractivity contribution in [3.8, 4) is 0 Å². The molecule has 1 saturated heterocycles. The van der Waals surface area contributed by atoms with Gasteiger partial charge in [-0.2, -0.15) is 0 Å². The molecule has 1 fully saturated rings. The average molecular weight is 276 g/mol. The third kappa shape index (κ3) is 4.32. The van der Waals surface area contributed by atoms with Crippen LogP contribution in [0.4, 0.5) is 5.69 Å². The highest BCUT2D eigenvalue weighted by atomic mass is 16.5. The standard InChI is InChI=1S/C16H24N2O2/c1-13(15(19)18-14-6-4-3-5-7-14)17-12-16(2)8-10-20-11-9-16/h3-7,13,17H,8-12H2,1-2H3,(H,18,19). The van der Waals surface area contributed by atoms with E-state index in [1.807, 2.05) is 37.3 Å². The van der Waals surface area contributed by atoms with E-state index in [1.54, 1.807) is 0 Å². The quantitative estimate of drug-likeness (QED) is 0.868. The first-order valence-electron chi connectivity index (χ1n) is 7.26. The summed E-state index contributed by atoms with van der Waals surface area (Å²) in [5.74, 6) is 0.00635. The van der Waals surface area contributed by atoms with Crippen molar-refractivity contribution in [1.29, 1.82) is 0 Å². The van der Waals surface area contributed by atoms with Crippen molar-refractivity contribution >= 4 is 11.6 Å². The van der Waals surface area contributed by atoms with Crippen LogP contribution in [0.5, 0.6) is 0 Å². The Morgan fingerprint density at radius 1 is 1.30 bits per heavy atom. The Labute approximate surface area is 120 Å². The lowest BCUT2D eigenvalue weighted by Crippen LogP contribution is -2.45. The molecule has 1 aliphatic heterocycles. The maximum atomic E-state index is 12.1. The summed E-state index contributed by atoms with van der Waals surface area (Å²) in [4.78, 5) is 12.1. The Bertz CT molecular complexity index is 427. The van der Waals surface area contributed by atoms with E-state index in [0.29, 0.717) is 0 Å². The number of carbonyl (C=O) groups excluding carboxylic acids is 1. The van der Waals surface area contributed by atoms with Crippen molar-refractivity contribution in [3.05, 3.63) is 30.3 Å². The van der Waals surface area contributed by atoms with Gasteiger partial charge in [-0.3, -0.25) is 4.79 Å². The SMILES string of the molecule is CC(NCC1(C)CCOCC1)C(=O)Nc1ccccc1. The van der Waals surface area contributed by atoms with Crippen molar-refractivity contribution in [2.75, 3.05) is 25.1 Å². The van der Waals surface area contributed by atoms with Crippen LogP contribution in [0, 0.1) is 5.41 Å². The highest BCUT2D eigenvalue weighted by molar-refractivity contribution is 5.94. The molecule has 0 spiro atoms. The van der Waals surface area contributed by atoms with Crippen LogP contribution in [0.15, 0.2) is 30.3 Å². The van der Waals surface area contributed by atoms with Crippen LogP contribution in [0.3, 0.4) is 0 Å². The minimum Gasteiger partial charge on any atom is -0.381 e. The smallest absolute Gasteiger partial charge is 0.241 e. The van der Waals surface area contributed by atoms with Crippen LogP contribution in [-0.2, 0) is 9.53 Å². The van der Waals surface area contributed by atoms with Crippen LogP contribution in [0.1, 0.15) is 26.7 Å². The van der Waals surface area contributed by atoms with Gasteiger partial charge in [0.1, 0.15) is 0 Å². The third-order valence-corrected chi connectivity index (χ3v) is 3.97. The first-order valence-corrected chi connectivity index (χ1v) is 7.26. The number of ether oxygens (including phenoxy) is 1. The fourth-order valence-corrected chi connectivity index (χ4v) is 2.31. The third-order valence-electron chi connectivity index (χ3n) is 3.97. The predicted molar refractivity (Wildman–Crippen MR) is 80.7 cm³/mol. The van der Waals surface area contributed by atoms with E-state index >= 15 is 0 Å². The molecule has 1 aromatic rings. The van der Waals surface area contributed by atoms with Gasteiger partial charge in [0.25, 0.3) is 0 Å². The van der Waals surface area contributed by atoms with Gasteiger partial charge in [0.05, 0.1) is 6.04 Å². The van der Waals surface area contributed by atoms with Crippen molar-refractivity contribution in [3.63, 3.8) is 0 Å². The molecule has 4 nitrogen and oxygen atoms in total. The van der Waals surface area contributed by atoms with Gasteiger partial charge >= 0.3 is 0 Å². The van der Waals surface area contributed by atoms with Gasteiger partial charge in [0.2, 0.25) is 5.91 Å². The van der Waals surface area contributed by atoms with Crippen molar-refractivity contribution in [1.82, 2.24) is 5.32 Å². The molecule has 1 aliphatic rings. The normalized spacial score (nSPS) is 19.3. The number of amides is 1. The van der Waals surface area contributed by atoms with Crippen LogP contribution in [0.2, 0.25) is 0 Å². The summed E-state index contributed by atoms with van der Waals surface area (Å²) in [5.41, 5.74) is 1.07. The molecule has 1 atom stereocenters. The van der Waals surface area contributed by atoms with E-state index in [-0.39, 0.29) is 17.4 Å². The number of hydrogen-bond acceptors (Lipinski definition) is 3. The van der Waals surface area contributed by atoms with E-state index in [1.165, 1.54) is 0 Å². The summed E-state index contributed by atoms with van der Waals surface area (Å²) < 4.78 is 5.39. The van der Waals surface area contributed by atoms with Gasteiger partial charge in [-0.1, -0.05) is 25.1 Å². The minimum absolute atomic E-state index is 0.00635. The van der Waals surface area contributed by atoms with Crippen molar-refractivity contribution in [2.45, 2.75) is 32.7 Å². The van der Waals surface area contributed by atoms with Gasteiger partial charge in [0.15, 0.2) is 0 Å². The zero-order valence-electron chi connectivity index (χ0n) is 12.3. The number of para-hydroxylation sites is 1. The largest absolute Gasteiger partial charge is 0.381 e. The number of carbonyl (C=O) groups is 1. The molecular formula is C16H24N2O2. The molecule has 2 rings (SSSR count). The maximum Gasteiger partial charge on any atom is 0.241 e. The zero-order chi connectivity index (χ0) is 14.4. The fourth-order valence-electron chi connectivity index (χ4n) is 2.31. The van der Waals surface area contributed by atoms with Gasteiger partial charge in [-0.25, -0.2) is 0 Å². The zero-order valence-corrected chi connectivity index (χ0v) is 12.3. The Morgan fingerprint density at radius 3 is 2.60 bits per heavy atom. The molecule has 0 bridgehead atoms. The van der Waals surface area contributed by atoms with Crippen LogP contribution in [-0.4, -0.2) is 31.7 Å². The van der Waals surface area contributed by atoms with Crippen molar-refractivity contribution < 1.29 is 9.53 Å². The minimum atomic E-state index is -0.199. The topological polar surface area (TPSA) is 50.4 Å². The summed E-state index contributed by atoms with van der Waals surface area (Å²) in [6.07, 6.45) is 2.10. The maximum absolute atomic E-state index is 12.1. The van der Waals surface area contributed by atoms with E-state index in [9.17, 15) is 4.79 Å². The fraction of sp³-hybridized carbons (Fsp3) is 0.562. The number of rotatable bonds is 5. The monoisotopic (exact) mass is 276 g/mol. The number of benzene rings is 1. The molecule has 0 saturated carbocycles. The van der Waals surface area contributed by atoms with E-state index in [0.717, 1.165) is 38.3 Å². The van der Waals surface area contributed by atoms with E-state index in [4.69, 9.17) is 4.74 Å². The molecule has 0 radical (unpaired) electrons. The summed E-state index contributed by atoms with van der Waals surface area (Å²) >= 11 is 0. The first-order chi connectivity index (χ1) is 9.59. The van der Waals surface area contributed by atoms with E-state index < -0.39 is 0 Å². The molecule has 1 heterocycles. The second-order valence-corrected chi connectivity index (χ2v) is 5.88. The Hall–Kier alpha value is -1.39. The number of anilines is 1. The summed E-state index contributed by atoms with van der Waals surface area (Å²) in [7, 11) is 0. The average Bonchev–Trinajstić information content (AvgIpc) is 2.46. The summed E-state index contributed by atoms with van der Waals surface area (Å²) in [5, 5.41) is 6.26. The lowest BCUT2D eigenvalue weighted by atomic mass is 9.82. The lowest BCUT2D eigenvalue weighted by molar-refractivity contribution is -0.117. The molecule has 0 aliphatic carbocycles. The molecule has 4 heteroatoms. The molecule has 20 heavy (non-hydrogen) atoms. The number of nitrogens with one attached hydrogen (secondary N) is 2. The second kappa shape index (κ2) is 6.86. The van der Waals surface area contributed by atoms with Crippen molar-refractivity contribution in [2.24, 2.45) is 5.41 Å². The molecule has 110 valence electrons. The Balaban J connectivity index is 1.79. The predicted octanol–water partition coefficient (Wildman–Crippen LogP) is 2.42. The van der Waals surface area contributed by atoms with Crippen LogP contribution in [0.25, 0.3) is 0 Å². The van der Waals surface area contributed by atoms with Gasteiger partial charge in [0, 0.05) is 25.4 Å². The molecule has 1 amide bonds. The number of hydrogen-bond donors (Lipinski definition) is 2. The van der Waals surface area contributed by atoms with Crippen LogP contribution < -0.4 is 10.6 Å². The molecule has 1 aromatic carbocycles. The second-order valence-electron chi connectivity index (χ2n) is 5.88. The lowest BCUT2D eigenvalue weighted by Gasteiger charge is -2.34. The molecule has 2 N–H and O–H groups in total. The van der Waals surface area contributed by atoms with E-state index in [2.05, 4.69) is 17.6 Å². The highest BCUT2D eigenvalue weighted by Gasteiger charge is 2.28. The first kappa shape index (κ1) is 15.0. The van der Waals surface area contributed by atoms with Gasteiger partial charge < -0.3 is 15.4 Å². The summed E-state index contributed by atoms with van der Waals surface area (Å²) in [6, 6.07) is 9.35. The van der Waals surface area contributed by atoms with Gasteiger partial charge in [-0.05, 0) is 37.3 Å². The van der Waals surface area contributed by atoms with Gasteiger partial charge in [-0.15, -0.1) is 0 Å². The molecular weight excluding hydrogens is 252 g/mol. The highest BCUT2D eigenvalue weighted by Crippen LogP contribution is 2.28. The molecule has 1 unspecified atom stereocenters. The molecule has 0 aromatic heterocycles.